The first-order valence-electron chi connectivity index (χ1n) is 9.55. The first-order chi connectivity index (χ1) is 12.9. The van der Waals surface area contributed by atoms with Gasteiger partial charge in [0.05, 0.1) is 11.9 Å². The minimum atomic E-state index is -0.503. The summed E-state index contributed by atoms with van der Waals surface area (Å²) < 4.78 is 7.43. The molecule has 0 unspecified atom stereocenters. The zero-order valence-electron chi connectivity index (χ0n) is 16.2. The highest BCUT2D eigenvalue weighted by molar-refractivity contribution is 5.68. The molecule has 0 aliphatic carbocycles. The van der Waals surface area contributed by atoms with Crippen molar-refractivity contribution >= 4 is 17.6 Å². The fourth-order valence-corrected chi connectivity index (χ4v) is 3.76. The summed E-state index contributed by atoms with van der Waals surface area (Å²) in [7, 11) is 0. The molecule has 0 atom stereocenters. The van der Waals surface area contributed by atoms with Gasteiger partial charge in [0.2, 0.25) is 0 Å². The van der Waals surface area contributed by atoms with Crippen LogP contribution in [0.5, 0.6) is 0 Å². The van der Waals surface area contributed by atoms with Crippen LogP contribution in [-0.4, -0.2) is 69.1 Å². The van der Waals surface area contributed by atoms with Gasteiger partial charge < -0.3 is 19.6 Å². The van der Waals surface area contributed by atoms with Crippen molar-refractivity contribution in [1.29, 1.82) is 0 Å². The standard InChI is InChI=1S/C19H27N5O3/c1-19(2,3)27-18(26)22-8-5-14-15(6-9-22)21-16-4-7-20-24(16)17(14)23-10-13(11-23)12-25/h4,7,13,25H,5-6,8-12H2,1-3H3. The van der Waals surface area contributed by atoms with Crippen LogP contribution in [0.15, 0.2) is 12.3 Å². The van der Waals surface area contributed by atoms with E-state index in [9.17, 15) is 9.90 Å². The molecule has 1 N–H and O–H groups in total. The molecule has 0 bridgehead atoms. The number of fused-ring (bicyclic) bond motifs is 2. The van der Waals surface area contributed by atoms with Crippen molar-refractivity contribution < 1.29 is 14.6 Å². The van der Waals surface area contributed by atoms with E-state index in [0.717, 1.165) is 35.8 Å². The fraction of sp³-hybridized carbons (Fsp3) is 0.632. The molecule has 1 saturated heterocycles. The number of anilines is 1. The number of amides is 1. The van der Waals surface area contributed by atoms with Gasteiger partial charge in [-0.1, -0.05) is 0 Å². The summed E-state index contributed by atoms with van der Waals surface area (Å²) >= 11 is 0. The Morgan fingerprint density at radius 1 is 1.30 bits per heavy atom. The van der Waals surface area contributed by atoms with E-state index in [4.69, 9.17) is 9.72 Å². The lowest BCUT2D eigenvalue weighted by Crippen LogP contribution is -2.49. The van der Waals surface area contributed by atoms with Crippen molar-refractivity contribution in [3.05, 3.63) is 23.5 Å². The van der Waals surface area contributed by atoms with Gasteiger partial charge in [-0.25, -0.2) is 9.78 Å². The third-order valence-corrected chi connectivity index (χ3v) is 5.11. The molecule has 146 valence electrons. The van der Waals surface area contributed by atoms with Crippen LogP contribution in [0.25, 0.3) is 5.65 Å². The fourth-order valence-electron chi connectivity index (χ4n) is 3.76. The highest BCUT2D eigenvalue weighted by Gasteiger charge is 2.33. The molecule has 0 radical (unpaired) electrons. The summed E-state index contributed by atoms with van der Waals surface area (Å²) in [5, 5.41) is 13.8. The molecule has 8 nitrogen and oxygen atoms in total. The van der Waals surface area contributed by atoms with Gasteiger partial charge in [-0.05, 0) is 27.2 Å². The van der Waals surface area contributed by atoms with Gasteiger partial charge >= 0.3 is 6.09 Å². The number of nitrogens with zero attached hydrogens (tertiary/aromatic N) is 5. The highest BCUT2D eigenvalue weighted by Crippen LogP contribution is 2.32. The minimum absolute atomic E-state index is 0.207. The Hall–Kier alpha value is -2.35. The molecule has 1 amide bonds. The van der Waals surface area contributed by atoms with Gasteiger partial charge in [-0.3, -0.25) is 0 Å². The van der Waals surface area contributed by atoms with Gasteiger partial charge in [0, 0.05) is 56.8 Å². The lowest BCUT2D eigenvalue weighted by molar-refractivity contribution is 0.0258. The molecule has 0 aromatic carbocycles. The summed E-state index contributed by atoms with van der Waals surface area (Å²) in [5.41, 5.74) is 2.49. The van der Waals surface area contributed by atoms with E-state index in [1.807, 2.05) is 31.4 Å². The van der Waals surface area contributed by atoms with Crippen LogP contribution >= 0.6 is 0 Å². The van der Waals surface area contributed by atoms with Gasteiger partial charge in [0.25, 0.3) is 0 Å². The number of hydrogen-bond donors (Lipinski definition) is 1. The van der Waals surface area contributed by atoms with Gasteiger partial charge in [0.15, 0.2) is 5.65 Å². The first kappa shape index (κ1) is 18.0. The maximum absolute atomic E-state index is 12.5. The third-order valence-electron chi connectivity index (χ3n) is 5.11. The molecular weight excluding hydrogens is 346 g/mol. The van der Waals surface area contributed by atoms with Crippen molar-refractivity contribution in [2.45, 2.75) is 39.2 Å². The largest absolute Gasteiger partial charge is 0.444 e. The lowest BCUT2D eigenvalue weighted by Gasteiger charge is -2.41. The molecule has 2 aromatic heterocycles. The minimum Gasteiger partial charge on any atom is -0.444 e. The van der Waals surface area contributed by atoms with Crippen LogP contribution < -0.4 is 4.90 Å². The monoisotopic (exact) mass is 373 g/mol. The normalized spacial score (nSPS) is 18.2. The van der Waals surface area contributed by atoms with Gasteiger partial charge in [-0.15, -0.1) is 0 Å². The SMILES string of the molecule is CC(C)(C)OC(=O)N1CCc2nc3ccnn3c(N3CC(CO)C3)c2CC1. The van der Waals surface area contributed by atoms with E-state index in [1.54, 1.807) is 11.1 Å². The number of aliphatic hydroxyl groups is 1. The quantitative estimate of drug-likeness (QED) is 0.859. The third kappa shape index (κ3) is 3.45. The van der Waals surface area contributed by atoms with Crippen molar-refractivity contribution in [2.75, 3.05) is 37.7 Å². The molecule has 2 aromatic rings. The van der Waals surface area contributed by atoms with Crippen molar-refractivity contribution in [1.82, 2.24) is 19.5 Å². The van der Waals surface area contributed by atoms with E-state index in [0.29, 0.717) is 31.8 Å². The van der Waals surface area contributed by atoms with Crippen LogP contribution in [0.3, 0.4) is 0 Å². The number of rotatable bonds is 2. The topological polar surface area (TPSA) is 83.2 Å². The molecule has 0 spiro atoms. The van der Waals surface area contributed by atoms with Crippen molar-refractivity contribution in [3.8, 4) is 0 Å². The molecule has 2 aliphatic heterocycles. The second kappa shape index (κ2) is 6.67. The molecule has 1 fully saturated rings. The average molecular weight is 373 g/mol. The average Bonchev–Trinajstić information content (AvgIpc) is 2.90. The zero-order chi connectivity index (χ0) is 19.2. The molecule has 2 aliphatic rings. The van der Waals surface area contributed by atoms with Crippen LogP contribution in [-0.2, 0) is 17.6 Å². The Labute approximate surface area is 158 Å². The van der Waals surface area contributed by atoms with E-state index >= 15 is 0 Å². The second-order valence-electron chi connectivity index (χ2n) is 8.38. The number of carbonyl (C=O) groups is 1. The predicted octanol–water partition coefficient (Wildman–Crippen LogP) is 1.49. The van der Waals surface area contributed by atoms with Gasteiger partial charge in [-0.2, -0.15) is 9.61 Å². The predicted molar refractivity (Wildman–Crippen MR) is 101 cm³/mol. The number of aromatic nitrogens is 3. The summed E-state index contributed by atoms with van der Waals surface area (Å²) in [4.78, 5) is 21.3. The molecule has 4 heterocycles. The highest BCUT2D eigenvalue weighted by atomic mass is 16.6. The van der Waals surface area contributed by atoms with Crippen LogP contribution in [0.4, 0.5) is 10.6 Å². The first-order valence-corrected chi connectivity index (χ1v) is 9.55. The Balaban J connectivity index is 1.62. The summed E-state index contributed by atoms with van der Waals surface area (Å²) in [6, 6.07) is 1.91. The number of ether oxygens (including phenoxy) is 1. The summed E-state index contributed by atoms with van der Waals surface area (Å²) in [6.07, 6.45) is 2.90. The summed E-state index contributed by atoms with van der Waals surface area (Å²) in [5.74, 6) is 1.36. The number of aliphatic hydroxyl groups excluding tert-OH is 1. The molecule has 4 rings (SSSR count). The summed E-state index contributed by atoms with van der Waals surface area (Å²) in [6.45, 7) is 8.68. The Bertz CT molecular complexity index is 851. The van der Waals surface area contributed by atoms with Crippen molar-refractivity contribution in [2.24, 2.45) is 5.92 Å². The zero-order valence-corrected chi connectivity index (χ0v) is 16.2. The van der Waals surface area contributed by atoms with E-state index in [2.05, 4.69) is 10.00 Å². The number of hydrogen-bond acceptors (Lipinski definition) is 6. The molecule has 27 heavy (non-hydrogen) atoms. The van der Waals surface area contributed by atoms with Crippen LogP contribution in [0.2, 0.25) is 0 Å². The van der Waals surface area contributed by atoms with E-state index in [1.165, 1.54) is 0 Å². The van der Waals surface area contributed by atoms with Gasteiger partial charge in [0.1, 0.15) is 11.4 Å². The van der Waals surface area contributed by atoms with Crippen molar-refractivity contribution in [3.63, 3.8) is 0 Å². The van der Waals surface area contributed by atoms with Crippen LogP contribution in [0, 0.1) is 5.92 Å². The molecule has 8 heteroatoms. The maximum atomic E-state index is 12.5. The lowest BCUT2D eigenvalue weighted by atomic mass is 9.99. The Morgan fingerprint density at radius 2 is 2.04 bits per heavy atom. The Morgan fingerprint density at radius 3 is 2.74 bits per heavy atom. The molecular formula is C19H27N5O3. The maximum Gasteiger partial charge on any atom is 0.410 e. The smallest absolute Gasteiger partial charge is 0.410 e. The number of carbonyl (C=O) groups excluding carboxylic acids is 1. The second-order valence-corrected chi connectivity index (χ2v) is 8.38. The molecule has 0 saturated carbocycles. The Kier molecular flexibility index (Phi) is 4.46. The van der Waals surface area contributed by atoms with Crippen LogP contribution in [0.1, 0.15) is 32.0 Å². The van der Waals surface area contributed by atoms with E-state index < -0.39 is 5.60 Å². The van der Waals surface area contributed by atoms with E-state index in [-0.39, 0.29) is 12.7 Å².